The van der Waals surface area contributed by atoms with Gasteiger partial charge in [0.15, 0.2) is 0 Å². The summed E-state index contributed by atoms with van der Waals surface area (Å²) in [6.07, 6.45) is 13.6. The number of nitrogens with one attached hydrogen (secondary N) is 1. The van der Waals surface area contributed by atoms with Crippen LogP contribution in [-0.4, -0.2) is 25.3 Å². The predicted octanol–water partition coefficient (Wildman–Crippen LogP) is 4.29. The smallest absolute Gasteiger partial charge is 0.0483 e. The summed E-state index contributed by atoms with van der Waals surface area (Å²) >= 11 is 0. The summed E-state index contributed by atoms with van der Waals surface area (Å²) in [5.41, 5.74) is 0.347. The predicted molar refractivity (Wildman–Crippen MR) is 79.1 cm³/mol. The monoisotopic (exact) mass is 255 g/mol. The molecule has 0 amide bonds. The zero-order valence-corrected chi connectivity index (χ0v) is 12.6. The minimum Gasteiger partial charge on any atom is -0.381 e. The highest BCUT2D eigenvalue weighted by molar-refractivity contribution is 4.84. The largest absolute Gasteiger partial charge is 0.381 e. The standard InChI is InChI=1S/C16H33NO/c1-3-4-5-6-7-8-9-10-13-17-16(2)11-14-18-15-12-16/h17H,3-15H2,1-2H3. The van der Waals surface area contributed by atoms with Gasteiger partial charge < -0.3 is 10.1 Å². The van der Waals surface area contributed by atoms with Crippen molar-refractivity contribution in [3.63, 3.8) is 0 Å². The van der Waals surface area contributed by atoms with E-state index in [0.717, 1.165) is 13.2 Å². The lowest BCUT2D eigenvalue weighted by Gasteiger charge is -2.34. The molecular weight excluding hydrogens is 222 g/mol. The van der Waals surface area contributed by atoms with Crippen LogP contribution in [0.25, 0.3) is 0 Å². The molecule has 1 aliphatic rings. The maximum atomic E-state index is 5.42. The number of hydrogen-bond donors (Lipinski definition) is 1. The van der Waals surface area contributed by atoms with Crippen molar-refractivity contribution < 1.29 is 4.74 Å². The molecule has 2 heteroatoms. The normalized spacial score (nSPS) is 19.0. The minimum absolute atomic E-state index is 0.347. The minimum atomic E-state index is 0.347. The van der Waals surface area contributed by atoms with E-state index in [4.69, 9.17) is 4.74 Å². The molecule has 1 N–H and O–H groups in total. The van der Waals surface area contributed by atoms with E-state index >= 15 is 0 Å². The Labute approximate surface area is 114 Å². The molecule has 0 aromatic heterocycles. The average Bonchev–Trinajstić information content (AvgIpc) is 2.38. The van der Waals surface area contributed by atoms with E-state index in [-0.39, 0.29) is 0 Å². The van der Waals surface area contributed by atoms with E-state index in [1.165, 1.54) is 70.8 Å². The molecule has 0 spiro atoms. The summed E-state index contributed by atoms with van der Waals surface area (Å²) in [5.74, 6) is 0. The number of ether oxygens (including phenoxy) is 1. The molecule has 1 heterocycles. The highest BCUT2D eigenvalue weighted by Gasteiger charge is 2.25. The quantitative estimate of drug-likeness (QED) is 0.588. The Morgan fingerprint density at radius 1 is 0.889 bits per heavy atom. The molecule has 0 saturated carbocycles. The van der Waals surface area contributed by atoms with Gasteiger partial charge in [0, 0.05) is 18.8 Å². The van der Waals surface area contributed by atoms with E-state index in [1.807, 2.05) is 0 Å². The Bertz CT molecular complexity index is 188. The number of rotatable bonds is 10. The van der Waals surface area contributed by atoms with Crippen molar-refractivity contribution in [1.29, 1.82) is 0 Å². The van der Waals surface area contributed by atoms with Crippen LogP contribution in [0, 0.1) is 0 Å². The first-order valence-electron chi connectivity index (χ1n) is 8.10. The Morgan fingerprint density at radius 3 is 2.06 bits per heavy atom. The Morgan fingerprint density at radius 2 is 1.44 bits per heavy atom. The van der Waals surface area contributed by atoms with Crippen molar-refractivity contribution >= 4 is 0 Å². The third-order valence-corrected chi connectivity index (χ3v) is 4.18. The molecule has 0 aliphatic carbocycles. The van der Waals surface area contributed by atoms with Crippen LogP contribution in [0.3, 0.4) is 0 Å². The van der Waals surface area contributed by atoms with Gasteiger partial charge >= 0.3 is 0 Å². The van der Waals surface area contributed by atoms with Crippen LogP contribution in [0.4, 0.5) is 0 Å². The van der Waals surface area contributed by atoms with Gasteiger partial charge in [0.05, 0.1) is 0 Å². The molecule has 0 aromatic rings. The van der Waals surface area contributed by atoms with Crippen LogP contribution >= 0.6 is 0 Å². The highest BCUT2D eigenvalue weighted by atomic mass is 16.5. The van der Waals surface area contributed by atoms with Crippen molar-refractivity contribution in [2.75, 3.05) is 19.8 Å². The first-order chi connectivity index (χ1) is 8.77. The molecular formula is C16H33NO. The lowest BCUT2D eigenvalue weighted by molar-refractivity contribution is 0.0453. The second-order valence-corrected chi connectivity index (χ2v) is 6.07. The number of hydrogen-bond acceptors (Lipinski definition) is 2. The van der Waals surface area contributed by atoms with E-state index in [0.29, 0.717) is 5.54 Å². The maximum Gasteiger partial charge on any atom is 0.0483 e. The first kappa shape index (κ1) is 16.0. The van der Waals surface area contributed by atoms with Gasteiger partial charge in [-0.25, -0.2) is 0 Å². The fourth-order valence-corrected chi connectivity index (χ4v) is 2.65. The molecule has 1 fully saturated rings. The van der Waals surface area contributed by atoms with Crippen LogP contribution in [0.5, 0.6) is 0 Å². The Hall–Kier alpha value is -0.0800. The van der Waals surface area contributed by atoms with Crippen LogP contribution in [0.15, 0.2) is 0 Å². The summed E-state index contributed by atoms with van der Waals surface area (Å²) in [6.45, 7) is 7.68. The number of unbranched alkanes of at least 4 members (excludes halogenated alkanes) is 7. The Kier molecular flexibility index (Phi) is 8.70. The summed E-state index contributed by atoms with van der Waals surface area (Å²) in [6, 6.07) is 0. The van der Waals surface area contributed by atoms with Crippen molar-refractivity contribution in [2.45, 2.75) is 83.6 Å². The zero-order valence-electron chi connectivity index (χ0n) is 12.6. The molecule has 108 valence electrons. The van der Waals surface area contributed by atoms with E-state index in [9.17, 15) is 0 Å². The lowest BCUT2D eigenvalue weighted by Crippen LogP contribution is -2.47. The molecule has 2 nitrogen and oxygen atoms in total. The van der Waals surface area contributed by atoms with Crippen molar-refractivity contribution in [3.8, 4) is 0 Å². The SMILES string of the molecule is CCCCCCCCCCNC1(C)CCOCC1. The van der Waals surface area contributed by atoms with Crippen molar-refractivity contribution in [2.24, 2.45) is 0 Å². The fraction of sp³-hybridized carbons (Fsp3) is 1.00. The van der Waals surface area contributed by atoms with Gasteiger partial charge in [-0.15, -0.1) is 0 Å². The van der Waals surface area contributed by atoms with Crippen LogP contribution in [0.2, 0.25) is 0 Å². The zero-order chi connectivity index (χ0) is 13.1. The molecule has 0 bridgehead atoms. The molecule has 0 radical (unpaired) electrons. The highest BCUT2D eigenvalue weighted by Crippen LogP contribution is 2.19. The second kappa shape index (κ2) is 9.80. The third kappa shape index (κ3) is 7.38. The molecule has 0 atom stereocenters. The van der Waals surface area contributed by atoms with E-state index in [2.05, 4.69) is 19.2 Å². The van der Waals surface area contributed by atoms with Gasteiger partial charge in [-0.3, -0.25) is 0 Å². The summed E-state index contributed by atoms with van der Waals surface area (Å²) in [7, 11) is 0. The van der Waals surface area contributed by atoms with Gasteiger partial charge in [0.1, 0.15) is 0 Å². The van der Waals surface area contributed by atoms with Gasteiger partial charge in [-0.2, -0.15) is 0 Å². The summed E-state index contributed by atoms with van der Waals surface area (Å²) < 4.78 is 5.42. The lowest BCUT2D eigenvalue weighted by atomic mass is 9.92. The first-order valence-corrected chi connectivity index (χ1v) is 8.10. The molecule has 1 aliphatic heterocycles. The third-order valence-electron chi connectivity index (χ3n) is 4.18. The van der Waals surface area contributed by atoms with Crippen molar-refractivity contribution in [3.05, 3.63) is 0 Å². The molecule has 1 rings (SSSR count). The molecule has 0 aromatic carbocycles. The Balaban J connectivity index is 1.86. The van der Waals surface area contributed by atoms with Gasteiger partial charge in [-0.1, -0.05) is 51.9 Å². The van der Waals surface area contributed by atoms with Crippen LogP contribution in [0.1, 0.15) is 78.1 Å². The molecule has 1 saturated heterocycles. The summed E-state index contributed by atoms with van der Waals surface area (Å²) in [4.78, 5) is 0. The molecule has 0 unspecified atom stereocenters. The van der Waals surface area contributed by atoms with E-state index < -0.39 is 0 Å². The van der Waals surface area contributed by atoms with Gasteiger partial charge in [-0.05, 0) is 32.7 Å². The van der Waals surface area contributed by atoms with Gasteiger partial charge in [0.2, 0.25) is 0 Å². The summed E-state index contributed by atoms with van der Waals surface area (Å²) in [5, 5.41) is 3.73. The van der Waals surface area contributed by atoms with Gasteiger partial charge in [0.25, 0.3) is 0 Å². The fourth-order valence-electron chi connectivity index (χ4n) is 2.65. The average molecular weight is 255 g/mol. The maximum absolute atomic E-state index is 5.42. The molecule has 18 heavy (non-hydrogen) atoms. The van der Waals surface area contributed by atoms with Crippen molar-refractivity contribution in [1.82, 2.24) is 5.32 Å². The van der Waals surface area contributed by atoms with Crippen LogP contribution in [-0.2, 0) is 4.74 Å². The topological polar surface area (TPSA) is 21.3 Å². The second-order valence-electron chi connectivity index (χ2n) is 6.07. The van der Waals surface area contributed by atoms with E-state index in [1.54, 1.807) is 0 Å². The van der Waals surface area contributed by atoms with Crippen LogP contribution < -0.4 is 5.32 Å².